The standard InChI is InChI=1S/C19H18F3NSi/c1-24(2,3)23-18(19(20,21)22)17-12-13-8-4-5-9-14(13)15-10-6-7-11-16(15)17/h4-12H,1-3H3. The van der Waals surface area contributed by atoms with Crippen molar-refractivity contribution >= 4 is 35.5 Å². The first kappa shape index (κ1) is 16.7. The summed E-state index contributed by atoms with van der Waals surface area (Å²) in [5.41, 5.74) is -0.595. The van der Waals surface area contributed by atoms with E-state index < -0.39 is 20.1 Å². The van der Waals surface area contributed by atoms with E-state index in [9.17, 15) is 13.2 Å². The summed E-state index contributed by atoms with van der Waals surface area (Å²) in [7, 11) is -2.30. The minimum atomic E-state index is -4.48. The summed E-state index contributed by atoms with van der Waals surface area (Å²) in [6.45, 7) is 5.42. The second kappa shape index (κ2) is 5.74. The highest BCUT2D eigenvalue weighted by atomic mass is 28.3. The third-order valence-corrected chi connectivity index (χ3v) is 4.63. The quantitative estimate of drug-likeness (QED) is 0.299. The lowest BCUT2D eigenvalue weighted by Crippen LogP contribution is -2.30. The van der Waals surface area contributed by atoms with Crippen LogP contribution in [0.4, 0.5) is 13.2 Å². The van der Waals surface area contributed by atoms with Crippen LogP contribution in [0.2, 0.25) is 19.6 Å². The molecule has 5 heteroatoms. The van der Waals surface area contributed by atoms with Crippen LogP contribution in [0.3, 0.4) is 0 Å². The highest BCUT2D eigenvalue weighted by Gasteiger charge is 2.38. The highest BCUT2D eigenvalue weighted by molar-refractivity contribution is 6.75. The molecule has 0 aliphatic rings. The first-order valence-electron chi connectivity index (χ1n) is 7.75. The Morgan fingerprint density at radius 3 is 1.96 bits per heavy atom. The van der Waals surface area contributed by atoms with E-state index in [0.29, 0.717) is 5.39 Å². The van der Waals surface area contributed by atoms with Gasteiger partial charge < -0.3 is 4.66 Å². The largest absolute Gasteiger partial charge is 0.432 e. The summed E-state index contributed by atoms with van der Waals surface area (Å²) in [5.74, 6) is 0. The fourth-order valence-corrected chi connectivity index (χ4v) is 3.78. The SMILES string of the molecule is C[Si](C)(C)N=C(c1cc2ccccc2c2ccccc12)C(F)(F)F. The monoisotopic (exact) mass is 345 g/mol. The second-order valence-electron chi connectivity index (χ2n) is 6.82. The molecule has 0 saturated carbocycles. The van der Waals surface area contributed by atoms with Crippen molar-refractivity contribution in [2.75, 3.05) is 0 Å². The highest BCUT2D eigenvalue weighted by Crippen LogP contribution is 2.33. The molecule has 0 heterocycles. The Bertz CT molecular complexity index is 937. The molecule has 0 saturated heterocycles. The molecule has 0 unspecified atom stereocenters. The molecule has 0 aliphatic heterocycles. The summed E-state index contributed by atoms with van der Waals surface area (Å²) < 4.78 is 45.4. The van der Waals surface area contributed by atoms with Crippen LogP contribution in [0.1, 0.15) is 5.56 Å². The minimum absolute atomic E-state index is 0.166. The lowest BCUT2D eigenvalue weighted by molar-refractivity contribution is -0.0578. The van der Waals surface area contributed by atoms with Gasteiger partial charge in [-0.25, -0.2) is 0 Å². The van der Waals surface area contributed by atoms with E-state index >= 15 is 0 Å². The third kappa shape index (κ3) is 3.22. The Labute approximate surface area is 139 Å². The lowest BCUT2D eigenvalue weighted by Gasteiger charge is -2.19. The van der Waals surface area contributed by atoms with Crippen LogP contribution >= 0.6 is 0 Å². The van der Waals surface area contributed by atoms with Crippen LogP contribution in [0.25, 0.3) is 21.5 Å². The van der Waals surface area contributed by atoms with E-state index in [-0.39, 0.29) is 5.56 Å². The van der Waals surface area contributed by atoms with Crippen LogP contribution in [0, 0.1) is 0 Å². The third-order valence-electron chi connectivity index (χ3n) is 3.74. The van der Waals surface area contributed by atoms with Crippen molar-refractivity contribution in [1.29, 1.82) is 0 Å². The second-order valence-corrected chi connectivity index (χ2v) is 11.4. The van der Waals surface area contributed by atoms with E-state index in [1.165, 1.54) is 0 Å². The number of rotatable bonds is 2. The molecule has 124 valence electrons. The lowest BCUT2D eigenvalue weighted by atomic mass is 9.95. The van der Waals surface area contributed by atoms with Crippen LogP contribution in [0.15, 0.2) is 59.3 Å². The first-order valence-corrected chi connectivity index (χ1v) is 11.2. The Morgan fingerprint density at radius 2 is 1.38 bits per heavy atom. The maximum atomic E-state index is 13.8. The number of fused-ring (bicyclic) bond motifs is 3. The van der Waals surface area contributed by atoms with E-state index in [1.54, 1.807) is 18.2 Å². The van der Waals surface area contributed by atoms with Gasteiger partial charge in [-0.15, -0.1) is 0 Å². The van der Waals surface area contributed by atoms with Crippen molar-refractivity contribution in [3.63, 3.8) is 0 Å². The van der Waals surface area contributed by atoms with E-state index in [4.69, 9.17) is 0 Å². The molecule has 3 aromatic carbocycles. The maximum Gasteiger partial charge on any atom is 0.432 e. The molecule has 0 radical (unpaired) electrons. The van der Waals surface area contributed by atoms with Crippen molar-refractivity contribution in [1.82, 2.24) is 0 Å². The fraction of sp³-hybridized carbons (Fsp3) is 0.211. The minimum Gasteiger partial charge on any atom is -0.317 e. The van der Waals surface area contributed by atoms with Crippen molar-refractivity contribution in [3.8, 4) is 0 Å². The summed E-state index contributed by atoms with van der Waals surface area (Å²) >= 11 is 0. The topological polar surface area (TPSA) is 12.4 Å². The normalized spacial score (nSPS) is 13.7. The molecule has 3 aromatic rings. The van der Waals surface area contributed by atoms with Gasteiger partial charge in [-0.1, -0.05) is 48.5 Å². The Kier molecular flexibility index (Phi) is 3.99. The van der Waals surface area contributed by atoms with Gasteiger partial charge in [-0.3, -0.25) is 0 Å². The molecule has 0 fully saturated rings. The fourth-order valence-electron chi connectivity index (χ4n) is 2.86. The van der Waals surface area contributed by atoms with Gasteiger partial charge >= 0.3 is 6.18 Å². The van der Waals surface area contributed by atoms with Crippen molar-refractivity contribution in [2.24, 2.45) is 4.66 Å². The molecule has 0 N–H and O–H groups in total. The van der Waals surface area contributed by atoms with Gasteiger partial charge in [0.2, 0.25) is 0 Å². The zero-order valence-corrected chi connectivity index (χ0v) is 14.8. The van der Waals surface area contributed by atoms with Crippen LogP contribution in [-0.2, 0) is 0 Å². The van der Waals surface area contributed by atoms with Gasteiger partial charge in [0.05, 0.1) is 0 Å². The average molecular weight is 345 g/mol. The van der Waals surface area contributed by atoms with Gasteiger partial charge in [0.1, 0.15) is 5.71 Å². The summed E-state index contributed by atoms with van der Waals surface area (Å²) in [4.78, 5) is 0. The smallest absolute Gasteiger partial charge is 0.317 e. The van der Waals surface area contributed by atoms with Crippen LogP contribution < -0.4 is 0 Å². The Hall–Kier alpha value is -2.14. The molecule has 0 aromatic heterocycles. The molecule has 0 amide bonds. The molecule has 1 nitrogen and oxygen atoms in total. The van der Waals surface area contributed by atoms with Crippen LogP contribution in [-0.4, -0.2) is 20.1 Å². The Morgan fingerprint density at radius 1 is 0.833 bits per heavy atom. The summed E-state index contributed by atoms with van der Waals surface area (Å²) in [5, 5.41) is 3.15. The zero-order chi connectivity index (χ0) is 17.5. The van der Waals surface area contributed by atoms with E-state index in [0.717, 1.165) is 16.2 Å². The molecule has 3 rings (SSSR count). The number of nitrogens with zero attached hydrogens (tertiary/aromatic N) is 1. The molecule has 0 aliphatic carbocycles. The van der Waals surface area contributed by atoms with Crippen molar-refractivity contribution in [2.45, 2.75) is 25.8 Å². The summed E-state index contributed by atoms with van der Waals surface area (Å²) in [6.07, 6.45) is -4.48. The maximum absolute atomic E-state index is 13.8. The number of halogens is 3. The Balaban J connectivity index is 2.44. The molecule has 0 bridgehead atoms. The number of benzene rings is 3. The predicted octanol–water partition coefficient (Wildman–Crippen LogP) is 6.18. The van der Waals surface area contributed by atoms with E-state index in [2.05, 4.69) is 4.66 Å². The number of hydrogen-bond acceptors (Lipinski definition) is 1. The molecule has 24 heavy (non-hydrogen) atoms. The number of alkyl halides is 3. The van der Waals surface area contributed by atoms with Crippen molar-refractivity contribution in [3.05, 3.63) is 60.2 Å². The number of hydrogen-bond donors (Lipinski definition) is 0. The molecule has 0 atom stereocenters. The molecular formula is C19H18F3NSi. The van der Waals surface area contributed by atoms with Gasteiger partial charge in [-0.05, 0) is 47.3 Å². The van der Waals surface area contributed by atoms with Crippen LogP contribution in [0.5, 0.6) is 0 Å². The molecular weight excluding hydrogens is 327 g/mol. The predicted molar refractivity (Wildman–Crippen MR) is 97.4 cm³/mol. The van der Waals surface area contributed by atoms with Gasteiger partial charge in [0, 0.05) is 5.56 Å². The van der Waals surface area contributed by atoms with Gasteiger partial charge in [0.25, 0.3) is 0 Å². The van der Waals surface area contributed by atoms with Crippen molar-refractivity contribution < 1.29 is 13.2 Å². The van der Waals surface area contributed by atoms with Gasteiger partial charge in [-0.2, -0.15) is 13.2 Å². The van der Waals surface area contributed by atoms with E-state index in [1.807, 2.05) is 56.0 Å². The molecule has 0 spiro atoms. The average Bonchev–Trinajstić information content (AvgIpc) is 2.50. The van der Waals surface area contributed by atoms with Gasteiger partial charge in [0.15, 0.2) is 8.24 Å². The first-order chi connectivity index (χ1) is 11.2. The zero-order valence-electron chi connectivity index (χ0n) is 13.8. The summed E-state index contributed by atoms with van der Waals surface area (Å²) in [6, 6.07) is 16.3.